The van der Waals surface area contributed by atoms with Gasteiger partial charge in [-0.2, -0.15) is 0 Å². The quantitative estimate of drug-likeness (QED) is 0.777. The number of carbonyl (C=O) groups is 1. The molecule has 1 aromatic heterocycles. The molecule has 0 spiro atoms. The number of hydrogen-bond donors (Lipinski definition) is 1. The number of thiazole rings is 1. The average molecular weight is 309 g/mol. The summed E-state index contributed by atoms with van der Waals surface area (Å²) in [6.45, 7) is 7.70. The van der Waals surface area contributed by atoms with Gasteiger partial charge in [-0.15, -0.1) is 11.3 Å². The SMILES string of the molecule is CCCCCC(=O)Nc1nc(CN2CCCC(C)C2)cs1. The Labute approximate surface area is 132 Å². The number of likely N-dealkylation sites (tertiary alicyclic amines) is 1. The van der Waals surface area contributed by atoms with E-state index in [9.17, 15) is 4.79 Å². The van der Waals surface area contributed by atoms with Crippen molar-refractivity contribution in [1.82, 2.24) is 9.88 Å². The van der Waals surface area contributed by atoms with Gasteiger partial charge in [0.05, 0.1) is 5.69 Å². The second kappa shape index (κ2) is 8.49. The van der Waals surface area contributed by atoms with Crippen LogP contribution in [-0.2, 0) is 11.3 Å². The van der Waals surface area contributed by atoms with Gasteiger partial charge < -0.3 is 5.32 Å². The Hall–Kier alpha value is -0.940. The van der Waals surface area contributed by atoms with Crippen molar-refractivity contribution < 1.29 is 4.79 Å². The molecule has 0 bridgehead atoms. The largest absolute Gasteiger partial charge is 0.302 e. The van der Waals surface area contributed by atoms with Crippen molar-refractivity contribution in [2.45, 2.75) is 58.9 Å². The molecule has 4 nitrogen and oxygen atoms in total. The number of amides is 1. The Kier molecular flexibility index (Phi) is 6.64. The summed E-state index contributed by atoms with van der Waals surface area (Å²) in [5, 5.41) is 5.73. The number of nitrogens with one attached hydrogen (secondary N) is 1. The first-order valence-corrected chi connectivity index (χ1v) is 9.02. The smallest absolute Gasteiger partial charge is 0.226 e. The third-order valence-electron chi connectivity index (χ3n) is 3.93. The first kappa shape index (κ1) is 16.4. The zero-order valence-corrected chi connectivity index (χ0v) is 14.0. The minimum absolute atomic E-state index is 0.0935. The molecule has 0 aromatic carbocycles. The Morgan fingerprint density at radius 3 is 3.14 bits per heavy atom. The molecule has 0 aliphatic carbocycles. The molecule has 1 aliphatic heterocycles. The predicted molar refractivity (Wildman–Crippen MR) is 88.6 cm³/mol. The summed E-state index contributed by atoms with van der Waals surface area (Å²) in [5.74, 6) is 0.881. The number of nitrogens with zero attached hydrogens (tertiary/aromatic N) is 2. The normalized spacial score (nSPS) is 19.6. The molecule has 1 fully saturated rings. The lowest BCUT2D eigenvalue weighted by Crippen LogP contribution is -2.33. The predicted octanol–water partition coefficient (Wildman–Crippen LogP) is 3.89. The van der Waals surface area contributed by atoms with Crippen LogP contribution in [0.1, 0.15) is 58.1 Å². The molecule has 1 aromatic rings. The lowest BCUT2D eigenvalue weighted by molar-refractivity contribution is -0.116. The van der Waals surface area contributed by atoms with Crippen LogP contribution in [-0.4, -0.2) is 28.9 Å². The molecule has 0 radical (unpaired) electrons. The molecule has 1 saturated heterocycles. The Morgan fingerprint density at radius 1 is 1.52 bits per heavy atom. The molecule has 1 aliphatic rings. The van der Waals surface area contributed by atoms with Gasteiger partial charge in [0.25, 0.3) is 0 Å². The summed E-state index contributed by atoms with van der Waals surface area (Å²) in [7, 11) is 0. The maximum Gasteiger partial charge on any atom is 0.226 e. The van der Waals surface area contributed by atoms with Crippen molar-refractivity contribution in [3.8, 4) is 0 Å². The highest BCUT2D eigenvalue weighted by molar-refractivity contribution is 7.13. The number of rotatable bonds is 7. The lowest BCUT2D eigenvalue weighted by atomic mass is 10.0. The third kappa shape index (κ3) is 5.75. The van der Waals surface area contributed by atoms with Crippen LogP contribution in [0.2, 0.25) is 0 Å². The van der Waals surface area contributed by atoms with Gasteiger partial charge in [0.15, 0.2) is 5.13 Å². The monoisotopic (exact) mass is 309 g/mol. The second-order valence-corrected chi connectivity index (χ2v) is 6.99. The first-order valence-electron chi connectivity index (χ1n) is 8.14. The first-order chi connectivity index (χ1) is 10.2. The molecule has 5 heteroatoms. The zero-order valence-electron chi connectivity index (χ0n) is 13.2. The molecule has 2 heterocycles. The summed E-state index contributed by atoms with van der Waals surface area (Å²) in [4.78, 5) is 18.8. The van der Waals surface area contributed by atoms with E-state index < -0.39 is 0 Å². The topological polar surface area (TPSA) is 45.2 Å². The van der Waals surface area contributed by atoms with Crippen molar-refractivity contribution in [2.24, 2.45) is 5.92 Å². The van der Waals surface area contributed by atoms with Crippen LogP contribution in [0, 0.1) is 5.92 Å². The van der Waals surface area contributed by atoms with E-state index in [1.807, 2.05) is 0 Å². The molecule has 118 valence electrons. The minimum Gasteiger partial charge on any atom is -0.302 e. The number of piperidine rings is 1. The minimum atomic E-state index is 0.0935. The molecule has 2 rings (SSSR count). The van der Waals surface area contributed by atoms with Gasteiger partial charge in [-0.05, 0) is 31.7 Å². The fourth-order valence-electron chi connectivity index (χ4n) is 2.81. The average Bonchev–Trinajstić information content (AvgIpc) is 2.86. The highest BCUT2D eigenvalue weighted by Crippen LogP contribution is 2.21. The van der Waals surface area contributed by atoms with Crippen LogP contribution in [0.4, 0.5) is 5.13 Å². The Bertz CT molecular complexity index is 446. The summed E-state index contributed by atoms with van der Waals surface area (Å²) >= 11 is 1.54. The maximum absolute atomic E-state index is 11.8. The second-order valence-electron chi connectivity index (χ2n) is 6.13. The summed E-state index contributed by atoms with van der Waals surface area (Å²) < 4.78 is 0. The van der Waals surface area contributed by atoms with Gasteiger partial charge in [0.1, 0.15) is 0 Å². The van der Waals surface area contributed by atoms with Crippen LogP contribution < -0.4 is 5.32 Å². The van der Waals surface area contributed by atoms with Gasteiger partial charge in [-0.3, -0.25) is 9.69 Å². The molecular formula is C16H27N3OS. The molecule has 1 unspecified atom stereocenters. The summed E-state index contributed by atoms with van der Waals surface area (Å²) in [5.41, 5.74) is 1.08. The van der Waals surface area contributed by atoms with Crippen LogP contribution in [0.3, 0.4) is 0 Å². The van der Waals surface area contributed by atoms with E-state index in [1.165, 1.54) is 30.7 Å². The Balaban J connectivity index is 1.77. The fraction of sp³-hybridized carbons (Fsp3) is 0.750. The van der Waals surface area contributed by atoms with Crippen LogP contribution in [0.25, 0.3) is 0 Å². The highest BCUT2D eigenvalue weighted by atomic mass is 32.1. The molecule has 21 heavy (non-hydrogen) atoms. The Morgan fingerprint density at radius 2 is 2.38 bits per heavy atom. The molecule has 1 amide bonds. The molecular weight excluding hydrogens is 282 g/mol. The van der Waals surface area contributed by atoms with E-state index in [-0.39, 0.29) is 5.91 Å². The van der Waals surface area contributed by atoms with E-state index in [0.29, 0.717) is 6.42 Å². The van der Waals surface area contributed by atoms with Gasteiger partial charge in [0.2, 0.25) is 5.91 Å². The van der Waals surface area contributed by atoms with E-state index in [1.54, 1.807) is 0 Å². The number of anilines is 1. The summed E-state index contributed by atoms with van der Waals surface area (Å²) in [6.07, 6.45) is 6.45. The fourth-order valence-corrected chi connectivity index (χ4v) is 3.53. The van der Waals surface area contributed by atoms with E-state index >= 15 is 0 Å². The van der Waals surface area contributed by atoms with Crippen molar-refractivity contribution >= 4 is 22.4 Å². The number of carbonyl (C=O) groups excluding carboxylic acids is 1. The van der Waals surface area contributed by atoms with Gasteiger partial charge in [-0.1, -0.05) is 26.7 Å². The van der Waals surface area contributed by atoms with Crippen molar-refractivity contribution in [1.29, 1.82) is 0 Å². The van der Waals surface area contributed by atoms with Crippen molar-refractivity contribution in [3.05, 3.63) is 11.1 Å². The number of unbranched alkanes of at least 4 members (excludes halogenated alkanes) is 2. The maximum atomic E-state index is 11.8. The van der Waals surface area contributed by atoms with Gasteiger partial charge >= 0.3 is 0 Å². The van der Waals surface area contributed by atoms with E-state index in [0.717, 1.165) is 49.1 Å². The zero-order chi connectivity index (χ0) is 15.1. The summed E-state index contributed by atoms with van der Waals surface area (Å²) in [6, 6.07) is 0. The molecule has 1 N–H and O–H groups in total. The number of hydrogen-bond acceptors (Lipinski definition) is 4. The molecule has 0 saturated carbocycles. The van der Waals surface area contributed by atoms with Gasteiger partial charge in [0, 0.05) is 24.9 Å². The molecule has 1 atom stereocenters. The van der Waals surface area contributed by atoms with Crippen LogP contribution >= 0.6 is 11.3 Å². The van der Waals surface area contributed by atoms with Crippen molar-refractivity contribution in [3.63, 3.8) is 0 Å². The van der Waals surface area contributed by atoms with Crippen LogP contribution in [0.5, 0.6) is 0 Å². The lowest BCUT2D eigenvalue weighted by Gasteiger charge is -2.30. The van der Waals surface area contributed by atoms with E-state index in [2.05, 4.69) is 34.4 Å². The number of aromatic nitrogens is 1. The highest BCUT2D eigenvalue weighted by Gasteiger charge is 2.17. The van der Waals surface area contributed by atoms with Crippen LogP contribution in [0.15, 0.2) is 5.38 Å². The van der Waals surface area contributed by atoms with Gasteiger partial charge in [-0.25, -0.2) is 4.98 Å². The van der Waals surface area contributed by atoms with Crippen molar-refractivity contribution in [2.75, 3.05) is 18.4 Å². The third-order valence-corrected chi connectivity index (χ3v) is 4.74. The standard InChI is InChI=1S/C16H27N3OS/c1-3-4-5-8-15(20)18-16-17-14(12-21-16)11-19-9-6-7-13(2)10-19/h12-13H,3-11H2,1-2H3,(H,17,18,20). The van der Waals surface area contributed by atoms with E-state index in [4.69, 9.17) is 0 Å².